The minimum atomic E-state index is -0.657. The molecule has 0 unspecified atom stereocenters. The molecular weight excluding hydrogens is 285 g/mol. The molecule has 1 aliphatic carbocycles. The number of ketones is 1. The molecule has 4 rings (SSSR count). The Balaban J connectivity index is 2.01. The molecule has 0 saturated carbocycles. The van der Waals surface area contributed by atoms with Gasteiger partial charge in [-0.2, -0.15) is 0 Å². The number of hydrogen-bond donors (Lipinski definition) is 3. The van der Waals surface area contributed by atoms with Gasteiger partial charge < -0.3 is 5.32 Å². The number of fused-ring (bicyclic) bond motifs is 1. The van der Waals surface area contributed by atoms with Gasteiger partial charge in [-0.3, -0.25) is 19.8 Å². The number of halogens is 1. The van der Waals surface area contributed by atoms with Crippen LogP contribution in [-0.2, 0) is 4.79 Å². The number of carbonyl (C=O) groups is 1. The van der Waals surface area contributed by atoms with E-state index in [4.69, 9.17) is 0 Å². The number of nitrogens with one attached hydrogen (secondary N) is 3. The van der Waals surface area contributed by atoms with Crippen LogP contribution >= 0.6 is 0 Å². The summed E-state index contributed by atoms with van der Waals surface area (Å²) < 4.78 is 14.3. The lowest BCUT2D eigenvalue weighted by Crippen LogP contribution is -2.29. The number of H-pyrrole nitrogens is 2. The first kappa shape index (κ1) is 13.1. The maximum Gasteiger partial charge on any atom is 0.270 e. The SMILES string of the molecule is O=C1CCCC2=C1[C@H](c1ccccc1F)c1c([nH][nH]c1=O)N2. The molecule has 0 bridgehead atoms. The van der Waals surface area contributed by atoms with Crippen LogP contribution in [0.2, 0.25) is 0 Å². The van der Waals surface area contributed by atoms with Crippen LogP contribution in [-0.4, -0.2) is 16.0 Å². The van der Waals surface area contributed by atoms with E-state index in [0.717, 1.165) is 18.5 Å². The molecule has 0 spiro atoms. The Morgan fingerprint density at radius 3 is 2.73 bits per heavy atom. The first-order chi connectivity index (χ1) is 10.7. The lowest BCUT2D eigenvalue weighted by atomic mass is 9.76. The lowest BCUT2D eigenvalue weighted by molar-refractivity contribution is -0.116. The molecule has 1 aliphatic heterocycles. The highest BCUT2D eigenvalue weighted by Crippen LogP contribution is 2.43. The third-order valence-electron chi connectivity index (χ3n) is 4.34. The van der Waals surface area contributed by atoms with Crippen molar-refractivity contribution in [2.24, 2.45) is 0 Å². The van der Waals surface area contributed by atoms with Crippen LogP contribution < -0.4 is 10.9 Å². The van der Waals surface area contributed by atoms with E-state index in [0.29, 0.717) is 28.9 Å². The molecule has 1 aromatic carbocycles. The van der Waals surface area contributed by atoms with Crippen molar-refractivity contribution in [2.75, 3.05) is 5.32 Å². The second-order valence-electron chi connectivity index (χ2n) is 5.62. The molecule has 6 heteroatoms. The molecule has 0 fully saturated rings. The van der Waals surface area contributed by atoms with Gasteiger partial charge in [0, 0.05) is 23.3 Å². The topological polar surface area (TPSA) is 77.8 Å². The summed E-state index contributed by atoms with van der Waals surface area (Å²) in [6, 6.07) is 6.30. The summed E-state index contributed by atoms with van der Waals surface area (Å²) in [5.74, 6) is -0.568. The highest BCUT2D eigenvalue weighted by Gasteiger charge is 2.38. The summed E-state index contributed by atoms with van der Waals surface area (Å²) in [5.41, 5.74) is 1.71. The Morgan fingerprint density at radius 1 is 1.09 bits per heavy atom. The molecular formula is C16H14FN3O2. The largest absolute Gasteiger partial charge is 0.343 e. The third-order valence-corrected chi connectivity index (χ3v) is 4.34. The number of allylic oxidation sites excluding steroid dienone is 2. The average Bonchev–Trinajstić information content (AvgIpc) is 2.88. The van der Waals surface area contributed by atoms with Crippen LogP contribution in [0, 0.1) is 5.82 Å². The zero-order valence-corrected chi connectivity index (χ0v) is 11.7. The van der Waals surface area contributed by atoms with Crippen molar-refractivity contribution in [1.82, 2.24) is 10.2 Å². The van der Waals surface area contributed by atoms with Gasteiger partial charge in [-0.05, 0) is 18.9 Å². The number of carbonyl (C=O) groups excluding carboxylic acids is 1. The Morgan fingerprint density at radius 2 is 1.91 bits per heavy atom. The van der Waals surface area contributed by atoms with E-state index in [1.54, 1.807) is 18.2 Å². The van der Waals surface area contributed by atoms with E-state index in [2.05, 4.69) is 15.5 Å². The Hall–Kier alpha value is -2.63. The standard InChI is InChI=1S/C16H14FN3O2/c17-9-5-2-1-4-8(9)12-13-10(6-3-7-11(13)21)18-15-14(12)16(22)20-19-15/h1-2,4-5,12H,3,6-7H2,(H3,18,19,20,22)/t12-/m0/s1. The number of aromatic nitrogens is 2. The summed E-state index contributed by atoms with van der Waals surface area (Å²) in [7, 11) is 0. The summed E-state index contributed by atoms with van der Waals surface area (Å²) in [4.78, 5) is 24.6. The first-order valence-electron chi connectivity index (χ1n) is 7.25. The molecule has 1 aromatic heterocycles. The molecule has 2 aromatic rings. The highest BCUT2D eigenvalue weighted by molar-refractivity contribution is 6.00. The molecule has 0 saturated heterocycles. The van der Waals surface area contributed by atoms with Gasteiger partial charge in [0.1, 0.15) is 11.6 Å². The van der Waals surface area contributed by atoms with Gasteiger partial charge in [-0.1, -0.05) is 18.2 Å². The second kappa shape index (κ2) is 4.69. The van der Waals surface area contributed by atoms with Crippen molar-refractivity contribution in [3.63, 3.8) is 0 Å². The fraction of sp³-hybridized carbons (Fsp3) is 0.250. The summed E-state index contributed by atoms with van der Waals surface area (Å²) >= 11 is 0. The average molecular weight is 299 g/mol. The predicted octanol–water partition coefficient (Wildman–Crippen LogP) is 2.41. The van der Waals surface area contributed by atoms with Crippen LogP contribution in [0.4, 0.5) is 10.2 Å². The van der Waals surface area contributed by atoms with Gasteiger partial charge in [0.15, 0.2) is 5.78 Å². The van der Waals surface area contributed by atoms with Crippen LogP contribution in [0.15, 0.2) is 40.3 Å². The van der Waals surface area contributed by atoms with Gasteiger partial charge >= 0.3 is 0 Å². The maximum atomic E-state index is 14.3. The van der Waals surface area contributed by atoms with Crippen LogP contribution in [0.5, 0.6) is 0 Å². The second-order valence-corrected chi connectivity index (χ2v) is 5.62. The quantitative estimate of drug-likeness (QED) is 0.756. The minimum Gasteiger partial charge on any atom is -0.343 e. The van der Waals surface area contributed by atoms with Gasteiger partial charge in [0.05, 0.1) is 11.5 Å². The molecule has 22 heavy (non-hydrogen) atoms. The summed E-state index contributed by atoms with van der Waals surface area (Å²) in [5, 5.41) is 8.41. The summed E-state index contributed by atoms with van der Waals surface area (Å²) in [6.45, 7) is 0. The van der Waals surface area contributed by atoms with Crippen molar-refractivity contribution in [3.8, 4) is 0 Å². The van der Waals surface area contributed by atoms with Gasteiger partial charge in [0.25, 0.3) is 5.56 Å². The number of hydrogen-bond acceptors (Lipinski definition) is 3. The molecule has 2 aliphatic rings. The Labute approximate surface area is 125 Å². The normalized spacial score (nSPS) is 20.4. The molecule has 0 amide bonds. The van der Waals surface area contributed by atoms with Crippen molar-refractivity contribution in [1.29, 1.82) is 0 Å². The lowest BCUT2D eigenvalue weighted by Gasteiger charge is -2.31. The van der Waals surface area contributed by atoms with Crippen molar-refractivity contribution < 1.29 is 9.18 Å². The van der Waals surface area contributed by atoms with E-state index in [9.17, 15) is 14.0 Å². The Kier molecular flexibility index (Phi) is 2.79. The van der Waals surface area contributed by atoms with Crippen LogP contribution in [0.3, 0.4) is 0 Å². The van der Waals surface area contributed by atoms with E-state index in [1.807, 2.05) is 0 Å². The molecule has 5 nitrogen and oxygen atoms in total. The van der Waals surface area contributed by atoms with Gasteiger partial charge in [0.2, 0.25) is 0 Å². The predicted molar refractivity (Wildman–Crippen MR) is 79.2 cm³/mol. The fourth-order valence-electron chi connectivity index (χ4n) is 3.39. The van der Waals surface area contributed by atoms with Crippen molar-refractivity contribution in [2.45, 2.75) is 25.2 Å². The molecule has 2 heterocycles. The molecule has 1 atom stereocenters. The zero-order valence-electron chi connectivity index (χ0n) is 11.7. The molecule has 0 radical (unpaired) electrons. The smallest absolute Gasteiger partial charge is 0.270 e. The van der Waals surface area contributed by atoms with Crippen LogP contribution in [0.1, 0.15) is 36.3 Å². The monoisotopic (exact) mass is 299 g/mol. The van der Waals surface area contributed by atoms with Gasteiger partial charge in [-0.25, -0.2) is 4.39 Å². The molecule has 112 valence electrons. The van der Waals surface area contributed by atoms with E-state index < -0.39 is 11.7 Å². The first-order valence-corrected chi connectivity index (χ1v) is 7.25. The number of rotatable bonds is 1. The number of anilines is 1. The number of aromatic amines is 2. The number of Topliss-reactive ketones (excluding diaryl/α,β-unsaturated/α-hetero) is 1. The number of benzene rings is 1. The van der Waals surface area contributed by atoms with E-state index in [1.165, 1.54) is 6.07 Å². The third kappa shape index (κ3) is 1.76. The highest BCUT2D eigenvalue weighted by atomic mass is 19.1. The van der Waals surface area contributed by atoms with Crippen LogP contribution in [0.25, 0.3) is 0 Å². The maximum absolute atomic E-state index is 14.3. The van der Waals surface area contributed by atoms with E-state index in [-0.39, 0.29) is 11.3 Å². The minimum absolute atomic E-state index is 0.0201. The Bertz CT molecular complexity index is 862. The van der Waals surface area contributed by atoms with Crippen molar-refractivity contribution >= 4 is 11.6 Å². The van der Waals surface area contributed by atoms with E-state index >= 15 is 0 Å². The molecule has 3 N–H and O–H groups in total. The fourth-order valence-corrected chi connectivity index (χ4v) is 3.39. The zero-order chi connectivity index (χ0) is 15.3. The van der Waals surface area contributed by atoms with Gasteiger partial charge in [-0.15, -0.1) is 0 Å². The van der Waals surface area contributed by atoms with Crippen molar-refractivity contribution in [3.05, 3.63) is 62.8 Å². The summed E-state index contributed by atoms with van der Waals surface area (Å²) in [6.07, 6.45) is 1.92.